The Morgan fingerprint density at radius 3 is 3.06 bits per heavy atom. The monoisotopic (exact) mass is 248 g/mol. The molecule has 2 rings (SSSR count). The molecule has 1 aromatic carbocycles. The number of fused-ring (bicyclic) bond motifs is 1. The van der Waals surface area contributed by atoms with Crippen LogP contribution in [-0.4, -0.2) is 18.4 Å². The lowest BCUT2D eigenvalue weighted by Gasteiger charge is -2.04. The van der Waals surface area contributed by atoms with E-state index in [-0.39, 0.29) is 12.3 Å². The number of ether oxygens (including phenoxy) is 1. The van der Waals surface area contributed by atoms with Crippen molar-refractivity contribution in [2.24, 2.45) is 10.7 Å². The third-order valence-corrected chi connectivity index (χ3v) is 2.50. The van der Waals surface area contributed by atoms with Gasteiger partial charge in [0, 0.05) is 23.6 Å². The number of hydrogen-bond acceptors (Lipinski definition) is 4. The van der Waals surface area contributed by atoms with Crippen LogP contribution in [0.15, 0.2) is 28.8 Å². The normalized spacial score (nSPS) is 14.1. The van der Waals surface area contributed by atoms with Crippen molar-refractivity contribution in [2.45, 2.75) is 13.3 Å². The van der Waals surface area contributed by atoms with Crippen molar-refractivity contribution < 1.29 is 13.9 Å². The predicted molar refractivity (Wildman–Crippen MR) is 66.9 cm³/mol. The minimum atomic E-state index is -0.423. The second kappa shape index (κ2) is 5.00. The highest BCUT2D eigenvalue weighted by molar-refractivity contribution is 6.03. The van der Waals surface area contributed by atoms with Gasteiger partial charge in [0.1, 0.15) is 11.7 Å². The molecule has 18 heavy (non-hydrogen) atoms. The van der Waals surface area contributed by atoms with Gasteiger partial charge in [0.25, 0.3) is 0 Å². The average molecular weight is 248 g/mol. The van der Waals surface area contributed by atoms with Gasteiger partial charge in [-0.15, -0.1) is 0 Å². The average Bonchev–Trinajstić information content (AvgIpc) is 2.47. The second-order valence-corrected chi connectivity index (χ2v) is 3.87. The number of halogens is 1. The van der Waals surface area contributed by atoms with Crippen molar-refractivity contribution >= 4 is 23.6 Å². The molecule has 2 N–H and O–H groups in total. The van der Waals surface area contributed by atoms with Gasteiger partial charge < -0.3 is 10.5 Å². The lowest BCUT2D eigenvalue weighted by Crippen LogP contribution is -2.16. The van der Waals surface area contributed by atoms with Crippen LogP contribution in [0.25, 0.3) is 6.08 Å². The summed E-state index contributed by atoms with van der Waals surface area (Å²) in [5.41, 5.74) is 7.20. The smallest absolute Gasteiger partial charge is 0.334 e. The van der Waals surface area contributed by atoms with Gasteiger partial charge >= 0.3 is 5.97 Å². The molecule has 4 nitrogen and oxygen atoms in total. The van der Waals surface area contributed by atoms with Gasteiger partial charge in [-0.1, -0.05) is 0 Å². The first-order valence-electron chi connectivity index (χ1n) is 5.60. The van der Waals surface area contributed by atoms with E-state index in [0.717, 1.165) is 0 Å². The maximum atomic E-state index is 13.1. The zero-order valence-electron chi connectivity index (χ0n) is 9.94. The second-order valence-electron chi connectivity index (χ2n) is 3.87. The first-order chi connectivity index (χ1) is 8.60. The van der Waals surface area contributed by atoms with E-state index in [1.807, 2.05) is 0 Å². The molecule has 5 heteroatoms. The number of nitrogens with zero attached hydrogens (tertiary/aromatic N) is 1. The molecule has 0 aromatic heterocycles. The lowest BCUT2D eigenvalue weighted by molar-refractivity contribution is -0.138. The Hall–Kier alpha value is -2.17. The van der Waals surface area contributed by atoms with Crippen molar-refractivity contribution in [3.63, 3.8) is 0 Å². The Morgan fingerprint density at radius 2 is 2.33 bits per heavy atom. The summed E-state index contributed by atoms with van der Waals surface area (Å²) >= 11 is 0. The van der Waals surface area contributed by atoms with Crippen molar-refractivity contribution in [3.05, 3.63) is 35.2 Å². The van der Waals surface area contributed by atoms with Gasteiger partial charge in [0.15, 0.2) is 0 Å². The molecule has 0 radical (unpaired) electrons. The molecular weight excluding hydrogens is 235 g/mol. The Morgan fingerprint density at radius 1 is 1.56 bits per heavy atom. The summed E-state index contributed by atoms with van der Waals surface area (Å²) in [6, 6.07) is 4.16. The van der Waals surface area contributed by atoms with Crippen molar-refractivity contribution in [1.82, 2.24) is 0 Å². The van der Waals surface area contributed by atoms with E-state index < -0.39 is 11.8 Å². The van der Waals surface area contributed by atoms with Crippen LogP contribution in [0.3, 0.4) is 0 Å². The maximum Gasteiger partial charge on any atom is 0.334 e. The third-order valence-electron chi connectivity index (χ3n) is 2.50. The molecule has 1 aliphatic heterocycles. The van der Waals surface area contributed by atoms with E-state index >= 15 is 0 Å². The van der Waals surface area contributed by atoms with Crippen LogP contribution >= 0.6 is 0 Å². The number of benzene rings is 1. The van der Waals surface area contributed by atoms with E-state index in [1.165, 1.54) is 12.1 Å². The fourth-order valence-corrected chi connectivity index (χ4v) is 1.72. The lowest BCUT2D eigenvalue weighted by atomic mass is 10.1. The standard InChI is InChI=1S/C13H13FN2O2/c1-2-18-13(17)9-5-8-3-4-10(14)7-11(8)16-12(15)6-9/h3-5,7H,2,6H2,1H3,(H2,15,16). The summed E-state index contributed by atoms with van der Waals surface area (Å²) in [5, 5.41) is 0. The van der Waals surface area contributed by atoms with E-state index in [4.69, 9.17) is 10.5 Å². The molecular formula is C13H13FN2O2. The van der Waals surface area contributed by atoms with Gasteiger partial charge in [-0.3, -0.25) is 0 Å². The summed E-state index contributed by atoms with van der Waals surface area (Å²) in [7, 11) is 0. The molecule has 1 aliphatic rings. The third kappa shape index (κ3) is 2.56. The largest absolute Gasteiger partial charge is 0.463 e. The molecule has 0 bridgehead atoms. The summed E-state index contributed by atoms with van der Waals surface area (Å²) in [4.78, 5) is 15.8. The number of carbonyl (C=O) groups is 1. The Labute approximate surface area is 104 Å². The minimum Gasteiger partial charge on any atom is -0.463 e. The van der Waals surface area contributed by atoms with Crippen LogP contribution < -0.4 is 5.73 Å². The van der Waals surface area contributed by atoms with Crippen molar-refractivity contribution in [3.8, 4) is 0 Å². The molecule has 0 saturated heterocycles. The molecule has 0 aliphatic carbocycles. The zero-order chi connectivity index (χ0) is 13.1. The number of nitrogens with two attached hydrogens (primary N) is 1. The molecule has 1 heterocycles. The molecule has 0 saturated carbocycles. The molecule has 0 fully saturated rings. The van der Waals surface area contributed by atoms with E-state index in [1.54, 1.807) is 19.1 Å². The SMILES string of the molecule is CCOC(=O)C1=Cc2ccc(F)cc2N=C(N)C1. The van der Waals surface area contributed by atoms with Gasteiger partial charge in [0.05, 0.1) is 12.3 Å². The first kappa shape index (κ1) is 12.3. The van der Waals surface area contributed by atoms with Crippen LogP contribution in [0, 0.1) is 5.82 Å². The number of rotatable bonds is 2. The van der Waals surface area contributed by atoms with Gasteiger partial charge in [-0.2, -0.15) is 0 Å². The summed E-state index contributed by atoms with van der Waals surface area (Å²) in [6.45, 7) is 2.03. The summed E-state index contributed by atoms with van der Waals surface area (Å²) in [6.07, 6.45) is 1.84. The van der Waals surface area contributed by atoms with Crippen LogP contribution in [0.5, 0.6) is 0 Å². The Bertz CT molecular complexity index is 550. The first-order valence-corrected chi connectivity index (χ1v) is 5.60. The number of amidine groups is 1. The predicted octanol–water partition coefficient (Wildman–Crippen LogP) is 2.16. The van der Waals surface area contributed by atoms with Crippen LogP contribution in [0.2, 0.25) is 0 Å². The Kier molecular flexibility index (Phi) is 3.41. The van der Waals surface area contributed by atoms with Gasteiger partial charge in [-0.05, 0) is 25.1 Å². The van der Waals surface area contributed by atoms with E-state index in [0.29, 0.717) is 23.4 Å². The van der Waals surface area contributed by atoms with Crippen molar-refractivity contribution in [1.29, 1.82) is 0 Å². The zero-order valence-corrected chi connectivity index (χ0v) is 9.94. The quantitative estimate of drug-likeness (QED) is 0.816. The number of esters is 1. The molecule has 0 unspecified atom stereocenters. The molecule has 1 aromatic rings. The molecule has 0 amide bonds. The van der Waals surface area contributed by atoms with Crippen molar-refractivity contribution in [2.75, 3.05) is 6.61 Å². The molecule has 0 spiro atoms. The number of aliphatic imine (C=N–C) groups is 1. The van der Waals surface area contributed by atoms with Crippen LogP contribution in [0.1, 0.15) is 18.9 Å². The van der Waals surface area contributed by atoms with Gasteiger partial charge in [-0.25, -0.2) is 14.2 Å². The van der Waals surface area contributed by atoms with E-state index in [2.05, 4.69) is 4.99 Å². The highest BCUT2D eigenvalue weighted by Crippen LogP contribution is 2.27. The van der Waals surface area contributed by atoms with Crippen LogP contribution in [-0.2, 0) is 9.53 Å². The Balaban J connectivity index is 2.45. The highest BCUT2D eigenvalue weighted by Gasteiger charge is 2.17. The topological polar surface area (TPSA) is 64.7 Å². The number of hydrogen-bond donors (Lipinski definition) is 1. The number of carbonyl (C=O) groups excluding carboxylic acids is 1. The minimum absolute atomic E-state index is 0.204. The fraction of sp³-hybridized carbons (Fsp3) is 0.231. The maximum absolute atomic E-state index is 13.1. The van der Waals surface area contributed by atoms with Gasteiger partial charge in [0.2, 0.25) is 0 Å². The highest BCUT2D eigenvalue weighted by atomic mass is 19.1. The molecule has 94 valence electrons. The van der Waals surface area contributed by atoms with E-state index in [9.17, 15) is 9.18 Å². The summed E-state index contributed by atoms with van der Waals surface area (Å²) < 4.78 is 18.0. The van der Waals surface area contributed by atoms with Crippen LogP contribution in [0.4, 0.5) is 10.1 Å². The fourth-order valence-electron chi connectivity index (χ4n) is 1.72. The molecule has 0 atom stereocenters. The summed E-state index contributed by atoms with van der Waals surface area (Å²) in [5.74, 6) is -0.551.